The van der Waals surface area contributed by atoms with Gasteiger partial charge in [0.2, 0.25) is 0 Å². The molecule has 0 aromatic heterocycles. The molecule has 4 nitrogen and oxygen atoms in total. The molecule has 3 N–H and O–H groups in total. The Morgan fingerprint density at radius 1 is 1.04 bits per heavy atom. The fourth-order valence-corrected chi connectivity index (χ4v) is 3.76. The standard InChI is InChI=1S/C20H19ClN2O2S/c1-25-19-9-5-6-10-20(19)26-15-11-17(21)16(18(24)12-15)13-22-23-14-7-3-2-4-8-14/h2-12,22-24H,13H2,1H3. The van der Waals surface area contributed by atoms with Crippen LogP contribution < -0.4 is 15.6 Å². The number of hydrogen-bond acceptors (Lipinski definition) is 5. The van der Waals surface area contributed by atoms with E-state index in [9.17, 15) is 5.11 Å². The molecule has 0 radical (unpaired) electrons. The van der Waals surface area contributed by atoms with E-state index in [1.807, 2.05) is 60.7 Å². The summed E-state index contributed by atoms with van der Waals surface area (Å²) in [5.41, 5.74) is 7.72. The van der Waals surface area contributed by atoms with Crippen LogP contribution in [0.15, 0.2) is 76.5 Å². The van der Waals surface area contributed by atoms with Crippen molar-refractivity contribution >= 4 is 29.1 Å². The highest BCUT2D eigenvalue weighted by Crippen LogP contribution is 2.39. The van der Waals surface area contributed by atoms with E-state index in [0.29, 0.717) is 17.1 Å². The molecule has 0 spiro atoms. The van der Waals surface area contributed by atoms with Gasteiger partial charge in [0, 0.05) is 27.7 Å². The smallest absolute Gasteiger partial charge is 0.132 e. The van der Waals surface area contributed by atoms with Gasteiger partial charge in [0.25, 0.3) is 0 Å². The quantitative estimate of drug-likeness (QED) is 0.479. The molecule has 0 aliphatic heterocycles. The lowest BCUT2D eigenvalue weighted by Crippen LogP contribution is -2.21. The highest BCUT2D eigenvalue weighted by atomic mass is 35.5. The molecule has 0 atom stereocenters. The summed E-state index contributed by atoms with van der Waals surface area (Å²) in [7, 11) is 1.64. The Bertz CT molecular complexity index is 852. The van der Waals surface area contributed by atoms with E-state index < -0.39 is 0 Å². The second-order valence-corrected chi connectivity index (χ2v) is 7.02. The number of phenols is 1. The van der Waals surface area contributed by atoms with E-state index in [4.69, 9.17) is 16.3 Å². The third-order valence-corrected chi connectivity index (χ3v) is 5.08. The zero-order valence-corrected chi connectivity index (χ0v) is 15.8. The fraction of sp³-hybridized carbons (Fsp3) is 0.100. The number of rotatable bonds is 7. The van der Waals surface area contributed by atoms with Gasteiger partial charge in [-0.25, -0.2) is 5.43 Å². The molecule has 3 aromatic carbocycles. The lowest BCUT2D eigenvalue weighted by Gasteiger charge is -2.13. The number of halogens is 1. The molecule has 0 saturated heterocycles. The van der Waals surface area contributed by atoms with Crippen molar-refractivity contribution in [3.63, 3.8) is 0 Å². The molecule has 6 heteroatoms. The highest BCUT2D eigenvalue weighted by Gasteiger charge is 2.11. The molecule has 0 amide bonds. The molecular formula is C20H19ClN2O2S. The number of methoxy groups -OCH3 is 1. The van der Waals surface area contributed by atoms with Crippen molar-refractivity contribution in [1.82, 2.24) is 5.43 Å². The number of benzene rings is 3. The van der Waals surface area contributed by atoms with Gasteiger partial charge in [-0.05, 0) is 36.4 Å². The van der Waals surface area contributed by atoms with Crippen LogP contribution in [0.5, 0.6) is 11.5 Å². The molecule has 26 heavy (non-hydrogen) atoms. The maximum atomic E-state index is 10.4. The summed E-state index contributed by atoms with van der Waals surface area (Å²) in [6.45, 7) is 0.388. The SMILES string of the molecule is COc1ccccc1Sc1cc(O)c(CNNc2ccccc2)c(Cl)c1. The van der Waals surface area contributed by atoms with Crippen LogP contribution in [0, 0.1) is 0 Å². The van der Waals surface area contributed by atoms with Crippen LogP contribution >= 0.6 is 23.4 Å². The molecule has 0 fully saturated rings. The molecule has 0 aliphatic carbocycles. The first-order valence-electron chi connectivity index (χ1n) is 8.03. The van der Waals surface area contributed by atoms with Gasteiger partial charge in [0.15, 0.2) is 0 Å². The highest BCUT2D eigenvalue weighted by molar-refractivity contribution is 7.99. The average molecular weight is 387 g/mol. The van der Waals surface area contributed by atoms with Crippen molar-refractivity contribution < 1.29 is 9.84 Å². The van der Waals surface area contributed by atoms with Crippen LogP contribution in [0.3, 0.4) is 0 Å². The molecule has 134 valence electrons. The Morgan fingerprint density at radius 3 is 2.50 bits per heavy atom. The van der Waals surface area contributed by atoms with E-state index >= 15 is 0 Å². The first kappa shape index (κ1) is 18.5. The van der Waals surface area contributed by atoms with E-state index in [-0.39, 0.29) is 5.75 Å². The summed E-state index contributed by atoms with van der Waals surface area (Å²) in [6, 6.07) is 21.0. The molecule has 0 bridgehead atoms. The number of para-hydroxylation sites is 2. The summed E-state index contributed by atoms with van der Waals surface area (Å²) in [5, 5.41) is 10.9. The topological polar surface area (TPSA) is 53.5 Å². The number of anilines is 1. The van der Waals surface area contributed by atoms with Crippen molar-refractivity contribution in [3.05, 3.63) is 77.3 Å². The fourth-order valence-electron chi connectivity index (χ4n) is 2.42. The van der Waals surface area contributed by atoms with Crippen molar-refractivity contribution in [2.24, 2.45) is 0 Å². The Kier molecular flexibility index (Phi) is 6.28. The zero-order chi connectivity index (χ0) is 18.4. The Morgan fingerprint density at radius 2 is 1.77 bits per heavy atom. The Hall–Kier alpha value is -2.34. The largest absolute Gasteiger partial charge is 0.508 e. The predicted molar refractivity (Wildman–Crippen MR) is 107 cm³/mol. The van der Waals surface area contributed by atoms with E-state index in [0.717, 1.165) is 21.2 Å². The molecule has 0 aliphatic rings. The van der Waals surface area contributed by atoms with Gasteiger partial charge in [0.05, 0.1) is 12.0 Å². The number of ether oxygens (including phenoxy) is 1. The van der Waals surface area contributed by atoms with Gasteiger partial charge in [-0.1, -0.05) is 53.7 Å². The minimum absolute atomic E-state index is 0.150. The number of hydrazine groups is 1. The lowest BCUT2D eigenvalue weighted by atomic mass is 10.2. The third kappa shape index (κ3) is 4.64. The summed E-state index contributed by atoms with van der Waals surface area (Å²) in [6.07, 6.45) is 0. The maximum absolute atomic E-state index is 10.4. The van der Waals surface area contributed by atoms with Crippen molar-refractivity contribution in [1.29, 1.82) is 0 Å². The van der Waals surface area contributed by atoms with Gasteiger partial charge in [-0.2, -0.15) is 0 Å². The van der Waals surface area contributed by atoms with Crippen LogP contribution in [-0.4, -0.2) is 12.2 Å². The van der Waals surface area contributed by atoms with E-state index in [1.54, 1.807) is 13.2 Å². The minimum atomic E-state index is 0.150. The van der Waals surface area contributed by atoms with Crippen LogP contribution in [0.1, 0.15) is 5.56 Å². The summed E-state index contributed by atoms with van der Waals surface area (Å²) >= 11 is 7.88. The number of phenolic OH excluding ortho intramolecular Hbond substituents is 1. The van der Waals surface area contributed by atoms with E-state index in [2.05, 4.69) is 10.9 Å². The van der Waals surface area contributed by atoms with Crippen LogP contribution in [0.25, 0.3) is 0 Å². The molecule has 0 saturated carbocycles. The normalized spacial score (nSPS) is 10.5. The molecule has 0 heterocycles. The molecular weight excluding hydrogens is 368 g/mol. The second kappa shape index (κ2) is 8.85. The predicted octanol–water partition coefficient (Wildman–Crippen LogP) is 5.32. The van der Waals surface area contributed by atoms with Crippen molar-refractivity contribution in [3.8, 4) is 11.5 Å². The summed E-state index contributed by atoms with van der Waals surface area (Å²) < 4.78 is 5.36. The number of nitrogens with one attached hydrogen (secondary N) is 2. The summed E-state index contributed by atoms with van der Waals surface area (Å²) in [4.78, 5) is 1.80. The first-order valence-corrected chi connectivity index (χ1v) is 9.23. The molecule has 3 aromatic rings. The van der Waals surface area contributed by atoms with E-state index in [1.165, 1.54) is 11.8 Å². The van der Waals surface area contributed by atoms with Crippen LogP contribution in [0.4, 0.5) is 5.69 Å². The maximum Gasteiger partial charge on any atom is 0.132 e. The van der Waals surface area contributed by atoms with Crippen LogP contribution in [-0.2, 0) is 6.54 Å². The molecule has 0 unspecified atom stereocenters. The van der Waals surface area contributed by atoms with Gasteiger partial charge in [-0.15, -0.1) is 0 Å². The summed E-state index contributed by atoms with van der Waals surface area (Å²) in [5.74, 6) is 0.933. The number of hydrogen-bond donors (Lipinski definition) is 3. The average Bonchev–Trinajstić information content (AvgIpc) is 2.65. The van der Waals surface area contributed by atoms with Gasteiger partial charge >= 0.3 is 0 Å². The van der Waals surface area contributed by atoms with Crippen molar-refractivity contribution in [2.45, 2.75) is 16.3 Å². The van der Waals surface area contributed by atoms with Gasteiger partial charge < -0.3 is 15.3 Å². The minimum Gasteiger partial charge on any atom is -0.508 e. The Balaban J connectivity index is 1.70. The monoisotopic (exact) mass is 386 g/mol. The Labute approximate surface area is 162 Å². The van der Waals surface area contributed by atoms with Crippen LogP contribution in [0.2, 0.25) is 5.02 Å². The zero-order valence-electron chi connectivity index (χ0n) is 14.2. The first-order chi connectivity index (χ1) is 12.7. The van der Waals surface area contributed by atoms with Gasteiger partial charge in [-0.3, -0.25) is 0 Å². The third-order valence-electron chi connectivity index (χ3n) is 3.71. The lowest BCUT2D eigenvalue weighted by molar-refractivity contribution is 0.405. The second-order valence-electron chi connectivity index (χ2n) is 5.50. The van der Waals surface area contributed by atoms with Gasteiger partial charge in [0.1, 0.15) is 11.5 Å². The van der Waals surface area contributed by atoms with Crippen molar-refractivity contribution in [2.75, 3.05) is 12.5 Å². The molecule has 3 rings (SSSR count). The number of aromatic hydroxyl groups is 1.